The van der Waals surface area contributed by atoms with Gasteiger partial charge in [0.2, 0.25) is 0 Å². The number of carbonyl (C=O) groups is 1. The van der Waals surface area contributed by atoms with Crippen molar-refractivity contribution in [3.63, 3.8) is 0 Å². The van der Waals surface area contributed by atoms with Crippen molar-refractivity contribution in [2.45, 2.75) is 6.17 Å². The van der Waals surface area contributed by atoms with Gasteiger partial charge in [0.1, 0.15) is 17.7 Å². The summed E-state index contributed by atoms with van der Waals surface area (Å²) in [6, 6.07) is 0. The number of amides is 1. The van der Waals surface area contributed by atoms with Gasteiger partial charge in [-0.15, -0.1) is 0 Å². The van der Waals surface area contributed by atoms with E-state index in [1.807, 2.05) is 0 Å². The number of carbonyl (C=O) groups excluding carboxylic acids is 1. The molecular weight excluding hydrogens is 173 g/mol. The summed E-state index contributed by atoms with van der Waals surface area (Å²) < 4.78 is 12.7. The van der Waals surface area contributed by atoms with Crippen LogP contribution in [-0.2, 0) is 4.79 Å². The predicted octanol–water partition coefficient (Wildman–Crippen LogP) is -0.0749. The summed E-state index contributed by atoms with van der Waals surface area (Å²) >= 11 is 0. The number of rotatable bonds is 1. The maximum absolute atomic E-state index is 12.7. The molecule has 0 radical (unpaired) electrons. The van der Waals surface area contributed by atoms with E-state index in [1.165, 1.54) is 18.5 Å². The third-order valence-electron chi connectivity index (χ3n) is 1.88. The van der Waals surface area contributed by atoms with Crippen LogP contribution in [0.25, 0.3) is 0 Å². The average molecular weight is 181 g/mol. The monoisotopic (exact) mass is 181 g/mol. The van der Waals surface area contributed by atoms with Gasteiger partial charge in [0.15, 0.2) is 0 Å². The summed E-state index contributed by atoms with van der Waals surface area (Å²) in [5.41, 5.74) is 5.34. The van der Waals surface area contributed by atoms with Gasteiger partial charge in [-0.3, -0.25) is 4.79 Å². The number of allylic oxidation sites excluding steroid dienone is 2. The van der Waals surface area contributed by atoms with Crippen LogP contribution in [0.1, 0.15) is 0 Å². The van der Waals surface area contributed by atoms with E-state index in [-0.39, 0.29) is 12.0 Å². The van der Waals surface area contributed by atoms with Crippen molar-refractivity contribution >= 4 is 5.91 Å². The third kappa shape index (κ3) is 1.28. The molecular formula is C8H8FN3O. The number of halogens is 1. The fraction of sp³-hybridized carbons (Fsp3) is 0.125. The van der Waals surface area contributed by atoms with Crippen molar-refractivity contribution in [3.05, 3.63) is 36.1 Å². The fourth-order valence-electron chi connectivity index (χ4n) is 1.27. The number of nitrogens with one attached hydrogen (secondary N) is 1. The van der Waals surface area contributed by atoms with E-state index in [0.717, 1.165) is 0 Å². The van der Waals surface area contributed by atoms with Crippen molar-refractivity contribution in [3.8, 4) is 0 Å². The number of nitrogens with zero attached hydrogens (tertiary/aromatic N) is 1. The first kappa shape index (κ1) is 7.85. The van der Waals surface area contributed by atoms with Crippen LogP contribution in [0.5, 0.6) is 0 Å². The molecule has 1 unspecified atom stereocenters. The Bertz CT molecular complexity index is 345. The molecule has 0 bridgehead atoms. The first-order chi connectivity index (χ1) is 6.16. The first-order valence-electron chi connectivity index (χ1n) is 3.78. The molecule has 13 heavy (non-hydrogen) atoms. The molecule has 0 saturated heterocycles. The van der Waals surface area contributed by atoms with Crippen LogP contribution in [0.15, 0.2) is 36.1 Å². The molecule has 2 heterocycles. The minimum Gasteiger partial charge on any atom is -0.364 e. The Morgan fingerprint density at radius 1 is 1.62 bits per heavy atom. The van der Waals surface area contributed by atoms with Crippen LogP contribution in [0.2, 0.25) is 0 Å². The Balaban J connectivity index is 2.24. The molecule has 0 aliphatic carbocycles. The number of fused-ring (bicyclic) bond motifs is 1. The highest BCUT2D eigenvalue weighted by atomic mass is 19.1. The Hall–Kier alpha value is -1.78. The van der Waals surface area contributed by atoms with E-state index in [2.05, 4.69) is 5.32 Å². The molecule has 2 aliphatic rings. The van der Waals surface area contributed by atoms with E-state index in [9.17, 15) is 9.18 Å². The third-order valence-corrected chi connectivity index (χ3v) is 1.88. The van der Waals surface area contributed by atoms with E-state index in [1.54, 1.807) is 11.0 Å². The highest BCUT2D eigenvalue weighted by Gasteiger charge is 2.24. The second-order valence-electron chi connectivity index (χ2n) is 2.82. The fourth-order valence-corrected chi connectivity index (χ4v) is 1.27. The molecule has 0 fully saturated rings. The quantitative estimate of drug-likeness (QED) is 0.595. The molecule has 0 saturated carbocycles. The lowest BCUT2D eigenvalue weighted by molar-refractivity contribution is -0.114. The molecule has 2 rings (SSSR count). The standard InChI is InChI=1S/C8H8FN3O/c9-5-1-2-7-11-6(8(10)13)4-12(7)3-5/h1-4,7,11H,(H2,10,13). The van der Waals surface area contributed by atoms with Crippen molar-refractivity contribution in [1.82, 2.24) is 10.2 Å². The Labute approximate surface area is 74.2 Å². The lowest BCUT2D eigenvalue weighted by Crippen LogP contribution is -2.34. The summed E-state index contributed by atoms with van der Waals surface area (Å²) in [4.78, 5) is 12.3. The second kappa shape index (κ2) is 2.62. The van der Waals surface area contributed by atoms with Crippen LogP contribution in [0.3, 0.4) is 0 Å². The lowest BCUT2D eigenvalue weighted by Gasteiger charge is -2.21. The molecule has 0 aromatic carbocycles. The Morgan fingerprint density at radius 2 is 2.38 bits per heavy atom. The van der Waals surface area contributed by atoms with E-state index in [0.29, 0.717) is 5.70 Å². The van der Waals surface area contributed by atoms with Crippen molar-refractivity contribution in [1.29, 1.82) is 0 Å². The smallest absolute Gasteiger partial charge is 0.266 e. The van der Waals surface area contributed by atoms with Gasteiger partial charge in [-0.1, -0.05) is 0 Å². The molecule has 2 aliphatic heterocycles. The molecule has 0 spiro atoms. The van der Waals surface area contributed by atoms with E-state index >= 15 is 0 Å². The molecule has 68 valence electrons. The van der Waals surface area contributed by atoms with Gasteiger partial charge in [0.05, 0.1) is 0 Å². The SMILES string of the molecule is NC(=O)C1=CN2C=C(F)C=CC2N1. The Kier molecular flexibility index (Phi) is 1.58. The summed E-state index contributed by atoms with van der Waals surface area (Å²) in [6.45, 7) is 0. The number of hydrogen-bond donors (Lipinski definition) is 2. The summed E-state index contributed by atoms with van der Waals surface area (Å²) in [5.74, 6) is -0.892. The van der Waals surface area contributed by atoms with Crippen LogP contribution < -0.4 is 11.1 Å². The first-order valence-corrected chi connectivity index (χ1v) is 3.78. The lowest BCUT2D eigenvalue weighted by atomic mass is 10.3. The van der Waals surface area contributed by atoms with Gasteiger partial charge in [0.25, 0.3) is 5.91 Å². The zero-order valence-corrected chi connectivity index (χ0v) is 6.70. The van der Waals surface area contributed by atoms with Gasteiger partial charge in [-0.2, -0.15) is 0 Å². The average Bonchev–Trinajstić information content (AvgIpc) is 2.46. The molecule has 1 amide bonds. The Morgan fingerprint density at radius 3 is 3.08 bits per heavy atom. The van der Waals surface area contributed by atoms with Gasteiger partial charge in [-0.25, -0.2) is 4.39 Å². The van der Waals surface area contributed by atoms with E-state index in [4.69, 9.17) is 5.73 Å². The van der Waals surface area contributed by atoms with Crippen LogP contribution in [0, 0.1) is 0 Å². The topological polar surface area (TPSA) is 58.4 Å². The largest absolute Gasteiger partial charge is 0.364 e. The maximum Gasteiger partial charge on any atom is 0.266 e. The summed E-state index contributed by atoms with van der Waals surface area (Å²) in [7, 11) is 0. The number of hydrogen-bond acceptors (Lipinski definition) is 3. The van der Waals surface area contributed by atoms with Gasteiger partial charge >= 0.3 is 0 Å². The minimum absolute atomic E-state index is 0.193. The van der Waals surface area contributed by atoms with Crippen molar-refractivity contribution in [2.75, 3.05) is 0 Å². The van der Waals surface area contributed by atoms with Gasteiger partial charge in [0, 0.05) is 12.4 Å². The van der Waals surface area contributed by atoms with E-state index < -0.39 is 5.91 Å². The van der Waals surface area contributed by atoms with Gasteiger partial charge < -0.3 is 16.0 Å². The highest BCUT2D eigenvalue weighted by Crippen LogP contribution is 2.19. The molecule has 5 heteroatoms. The molecule has 0 aromatic rings. The minimum atomic E-state index is -0.545. The van der Waals surface area contributed by atoms with Crippen molar-refractivity contribution < 1.29 is 9.18 Å². The van der Waals surface area contributed by atoms with Crippen LogP contribution >= 0.6 is 0 Å². The maximum atomic E-state index is 12.7. The number of nitrogens with two attached hydrogens (primary N) is 1. The summed E-state index contributed by atoms with van der Waals surface area (Å²) in [5, 5.41) is 2.83. The molecule has 4 nitrogen and oxygen atoms in total. The van der Waals surface area contributed by atoms with Gasteiger partial charge in [-0.05, 0) is 12.2 Å². The van der Waals surface area contributed by atoms with Crippen LogP contribution in [-0.4, -0.2) is 17.0 Å². The molecule has 3 N–H and O–H groups in total. The van der Waals surface area contributed by atoms with Crippen LogP contribution in [0.4, 0.5) is 4.39 Å². The molecule has 1 atom stereocenters. The number of primary amides is 1. The predicted molar refractivity (Wildman–Crippen MR) is 44.4 cm³/mol. The zero-order chi connectivity index (χ0) is 9.42. The second-order valence-corrected chi connectivity index (χ2v) is 2.82. The highest BCUT2D eigenvalue weighted by molar-refractivity contribution is 5.91. The summed E-state index contributed by atoms with van der Waals surface area (Å²) in [6.07, 6.45) is 5.54. The van der Waals surface area contributed by atoms with Crippen molar-refractivity contribution in [2.24, 2.45) is 5.73 Å². The zero-order valence-electron chi connectivity index (χ0n) is 6.70. The normalized spacial score (nSPS) is 24.7. The molecule has 0 aromatic heterocycles.